The Balaban J connectivity index is 1.32. The van der Waals surface area contributed by atoms with Gasteiger partial charge < -0.3 is 20.1 Å². The highest BCUT2D eigenvalue weighted by Crippen LogP contribution is 2.29. The van der Waals surface area contributed by atoms with E-state index in [4.69, 9.17) is 4.74 Å². The van der Waals surface area contributed by atoms with Gasteiger partial charge in [-0.2, -0.15) is 0 Å². The van der Waals surface area contributed by atoms with Gasteiger partial charge in [0, 0.05) is 41.5 Å². The Kier molecular flexibility index (Phi) is 6.09. The number of aromatic nitrogens is 1. The lowest BCUT2D eigenvalue weighted by Crippen LogP contribution is -2.44. The van der Waals surface area contributed by atoms with Crippen LogP contribution in [0.15, 0.2) is 30.3 Å². The molecule has 0 amide bonds. The van der Waals surface area contributed by atoms with Crippen molar-refractivity contribution >= 4 is 21.5 Å². The topological polar surface area (TPSA) is 121 Å². The number of aliphatic hydroxyl groups is 1. The first-order valence-electron chi connectivity index (χ1n) is 10.6. The summed E-state index contributed by atoms with van der Waals surface area (Å²) in [5.41, 5.74) is 3.25. The Labute approximate surface area is 182 Å². The number of rotatable bonds is 7. The van der Waals surface area contributed by atoms with Gasteiger partial charge in [-0.25, -0.2) is 8.42 Å². The van der Waals surface area contributed by atoms with Gasteiger partial charge in [0.2, 0.25) is 10.0 Å². The standard InChI is InChI=1S/C22H29N3O5S/c1-13-10-17-18(24-13)7-6-14(21(17)26)12-23-19-8-9-20(22(19)27)30-16-5-3-4-15(11-16)25-31(2,28)29/h3-5,10-11,14,19-20,22-25,27H,6-9,12H2,1-2H3. The van der Waals surface area contributed by atoms with Crippen molar-refractivity contribution in [3.63, 3.8) is 0 Å². The first kappa shape index (κ1) is 21.9. The molecule has 1 saturated carbocycles. The number of sulfonamides is 1. The Bertz CT molecular complexity index is 1060. The third-order valence-corrected chi connectivity index (χ3v) is 6.63. The van der Waals surface area contributed by atoms with Crippen LogP contribution in [0.3, 0.4) is 0 Å². The van der Waals surface area contributed by atoms with Gasteiger partial charge >= 0.3 is 0 Å². The van der Waals surface area contributed by atoms with Crippen LogP contribution >= 0.6 is 0 Å². The van der Waals surface area contributed by atoms with E-state index in [-0.39, 0.29) is 17.7 Å². The summed E-state index contributed by atoms with van der Waals surface area (Å²) in [5.74, 6) is 0.568. The van der Waals surface area contributed by atoms with Crippen molar-refractivity contribution in [1.82, 2.24) is 10.3 Å². The van der Waals surface area contributed by atoms with E-state index in [0.29, 0.717) is 24.4 Å². The fourth-order valence-corrected chi connectivity index (χ4v) is 5.09. The maximum atomic E-state index is 12.8. The molecular weight excluding hydrogens is 418 g/mol. The largest absolute Gasteiger partial charge is 0.488 e. The van der Waals surface area contributed by atoms with Gasteiger partial charge in [-0.15, -0.1) is 0 Å². The Morgan fingerprint density at radius 3 is 2.81 bits per heavy atom. The number of aliphatic hydroxyl groups excluding tert-OH is 1. The quantitative estimate of drug-likeness (QED) is 0.515. The molecule has 9 heteroatoms. The monoisotopic (exact) mass is 447 g/mol. The van der Waals surface area contributed by atoms with Crippen molar-refractivity contribution in [3.05, 3.63) is 47.3 Å². The summed E-state index contributed by atoms with van der Waals surface area (Å²) in [6.45, 7) is 2.49. The van der Waals surface area contributed by atoms with Crippen LogP contribution in [0.25, 0.3) is 0 Å². The highest BCUT2D eigenvalue weighted by Gasteiger charge is 2.37. The van der Waals surface area contributed by atoms with Crippen molar-refractivity contribution in [3.8, 4) is 5.75 Å². The first-order chi connectivity index (χ1) is 14.7. The number of ketones is 1. The lowest BCUT2D eigenvalue weighted by molar-refractivity contribution is 0.0442. The van der Waals surface area contributed by atoms with E-state index < -0.39 is 22.2 Å². The maximum Gasteiger partial charge on any atom is 0.229 e. The molecule has 4 rings (SSSR count). The summed E-state index contributed by atoms with van der Waals surface area (Å²) < 4.78 is 31.2. The summed E-state index contributed by atoms with van der Waals surface area (Å²) >= 11 is 0. The number of anilines is 1. The fraction of sp³-hybridized carbons (Fsp3) is 0.500. The highest BCUT2D eigenvalue weighted by molar-refractivity contribution is 7.92. The second-order valence-corrected chi connectivity index (χ2v) is 10.3. The molecule has 4 unspecified atom stereocenters. The fourth-order valence-electron chi connectivity index (χ4n) is 4.54. The van der Waals surface area contributed by atoms with Gasteiger partial charge in [0.05, 0.1) is 11.9 Å². The van der Waals surface area contributed by atoms with Crippen molar-refractivity contribution in [2.24, 2.45) is 5.92 Å². The minimum atomic E-state index is -3.38. The molecule has 2 aliphatic rings. The van der Waals surface area contributed by atoms with Crippen LogP contribution in [0.4, 0.5) is 5.69 Å². The van der Waals surface area contributed by atoms with Gasteiger partial charge in [-0.05, 0) is 50.8 Å². The van der Waals surface area contributed by atoms with Gasteiger partial charge in [0.25, 0.3) is 0 Å². The molecule has 1 heterocycles. The molecule has 0 saturated heterocycles. The molecule has 1 aromatic carbocycles. The number of Topliss-reactive ketones (excluding diaryl/α,β-unsaturated/α-hetero) is 1. The number of fused-ring (bicyclic) bond motifs is 1. The number of carbonyl (C=O) groups is 1. The molecule has 0 radical (unpaired) electrons. The van der Waals surface area contributed by atoms with Crippen LogP contribution in [0, 0.1) is 12.8 Å². The summed E-state index contributed by atoms with van der Waals surface area (Å²) in [4.78, 5) is 16.0. The lowest BCUT2D eigenvalue weighted by atomic mass is 9.86. The highest BCUT2D eigenvalue weighted by atomic mass is 32.2. The average molecular weight is 448 g/mol. The van der Waals surface area contributed by atoms with E-state index in [1.54, 1.807) is 24.3 Å². The van der Waals surface area contributed by atoms with Crippen LogP contribution in [-0.2, 0) is 16.4 Å². The Morgan fingerprint density at radius 1 is 1.23 bits per heavy atom. The summed E-state index contributed by atoms with van der Waals surface area (Å²) in [5, 5.41) is 14.1. The summed E-state index contributed by atoms with van der Waals surface area (Å²) in [6.07, 6.45) is 3.04. The van der Waals surface area contributed by atoms with E-state index in [1.165, 1.54) is 0 Å². The molecule has 1 aromatic heterocycles. The SMILES string of the molecule is Cc1cc2c([nH]1)CCC(CNC1CCC(Oc3cccc(NS(C)(=O)=O)c3)C1O)C2=O. The number of carbonyl (C=O) groups excluding carboxylic acids is 1. The average Bonchev–Trinajstić information content (AvgIpc) is 3.23. The van der Waals surface area contributed by atoms with Gasteiger partial charge in [0.1, 0.15) is 18.0 Å². The van der Waals surface area contributed by atoms with E-state index in [1.807, 2.05) is 13.0 Å². The number of H-pyrrole nitrogens is 1. The Hall–Kier alpha value is -2.36. The van der Waals surface area contributed by atoms with Crippen molar-refractivity contribution in [2.45, 2.75) is 50.9 Å². The molecule has 1 fully saturated rings. The number of hydrogen-bond donors (Lipinski definition) is 4. The normalized spacial score (nSPS) is 26.0. The molecule has 4 N–H and O–H groups in total. The zero-order chi connectivity index (χ0) is 22.2. The number of ether oxygens (including phenoxy) is 1. The molecule has 8 nitrogen and oxygen atoms in total. The van der Waals surface area contributed by atoms with E-state index in [2.05, 4.69) is 15.0 Å². The van der Waals surface area contributed by atoms with Crippen LogP contribution in [-0.4, -0.2) is 55.3 Å². The number of benzene rings is 1. The van der Waals surface area contributed by atoms with Crippen molar-refractivity contribution < 1.29 is 23.1 Å². The predicted octanol–water partition coefficient (Wildman–Crippen LogP) is 2.00. The van der Waals surface area contributed by atoms with Gasteiger partial charge in [-0.3, -0.25) is 9.52 Å². The smallest absolute Gasteiger partial charge is 0.229 e. The van der Waals surface area contributed by atoms with Crippen LogP contribution in [0.5, 0.6) is 5.75 Å². The minimum absolute atomic E-state index is 0.0892. The first-order valence-corrected chi connectivity index (χ1v) is 12.5. The van der Waals surface area contributed by atoms with Crippen LogP contribution in [0.2, 0.25) is 0 Å². The molecule has 2 aliphatic carbocycles. The van der Waals surface area contributed by atoms with Crippen molar-refractivity contribution in [1.29, 1.82) is 0 Å². The third-order valence-electron chi connectivity index (χ3n) is 6.02. The second-order valence-electron chi connectivity index (χ2n) is 8.59. The van der Waals surface area contributed by atoms with Crippen molar-refractivity contribution in [2.75, 3.05) is 17.5 Å². The predicted molar refractivity (Wildman–Crippen MR) is 118 cm³/mol. The zero-order valence-corrected chi connectivity index (χ0v) is 18.5. The summed E-state index contributed by atoms with van der Waals surface area (Å²) in [7, 11) is -3.38. The molecule has 0 aliphatic heterocycles. The molecule has 4 atom stereocenters. The zero-order valence-electron chi connectivity index (χ0n) is 17.7. The lowest BCUT2D eigenvalue weighted by Gasteiger charge is -2.25. The number of aromatic amines is 1. The summed E-state index contributed by atoms with van der Waals surface area (Å²) in [6, 6.07) is 8.45. The van der Waals surface area contributed by atoms with E-state index >= 15 is 0 Å². The molecule has 2 aromatic rings. The van der Waals surface area contributed by atoms with Gasteiger partial charge in [0.15, 0.2) is 5.78 Å². The van der Waals surface area contributed by atoms with E-state index in [0.717, 1.165) is 42.5 Å². The third kappa shape index (κ3) is 5.11. The maximum absolute atomic E-state index is 12.8. The minimum Gasteiger partial charge on any atom is -0.488 e. The molecular formula is C22H29N3O5S. The number of hydrogen-bond acceptors (Lipinski definition) is 6. The number of aryl methyl sites for hydroxylation is 2. The molecule has 0 spiro atoms. The van der Waals surface area contributed by atoms with E-state index in [9.17, 15) is 18.3 Å². The van der Waals surface area contributed by atoms with Crippen LogP contribution < -0.4 is 14.8 Å². The molecule has 168 valence electrons. The Morgan fingerprint density at radius 2 is 2.03 bits per heavy atom. The molecule has 0 bridgehead atoms. The number of nitrogens with one attached hydrogen (secondary N) is 3. The second kappa shape index (κ2) is 8.64. The van der Waals surface area contributed by atoms with Crippen LogP contribution in [0.1, 0.15) is 41.0 Å². The molecule has 31 heavy (non-hydrogen) atoms. The van der Waals surface area contributed by atoms with Gasteiger partial charge in [-0.1, -0.05) is 6.07 Å².